The lowest BCUT2D eigenvalue weighted by Gasteiger charge is -2.20. The van der Waals surface area contributed by atoms with E-state index < -0.39 is 5.97 Å². The van der Waals surface area contributed by atoms with Gasteiger partial charge in [0.2, 0.25) is 0 Å². The highest BCUT2D eigenvalue weighted by Crippen LogP contribution is 2.22. The van der Waals surface area contributed by atoms with Crippen LogP contribution in [0, 0.1) is 6.92 Å². The van der Waals surface area contributed by atoms with Gasteiger partial charge in [0.25, 0.3) is 0 Å². The summed E-state index contributed by atoms with van der Waals surface area (Å²) in [6.07, 6.45) is 2.36. The van der Waals surface area contributed by atoms with Crippen molar-refractivity contribution in [2.24, 2.45) is 5.73 Å². The Morgan fingerprint density at radius 3 is 2.81 bits per heavy atom. The normalized spacial score (nSPS) is 14.4. The van der Waals surface area contributed by atoms with Gasteiger partial charge < -0.3 is 10.8 Å². The first-order chi connectivity index (χ1) is 7.54. The average molecular weight is 223 g/mol. The summed E-state index contributed by atoms with van der Waals surface area (Å²) < 4.78 is 0. The van der Waals surface area contributed by atoms with Gasteiger partial charge in [-0.3, -0.25) is 4.79 Å². The Labute approximate surface area is 94.7 Å². The third-order valence-electron chi connectivity index (χ3n) is 2.56. The second-order valence-electron chi connectivity index (χ2n) is 3.81. The van der Waals surface area contributed by atoms with Gasteiger partial charge in [0, 0.05) is 23.9 Å². The summed E-state index contributed by atoms with van der Waals surface area (Å²) in [6, 6.07) is 1.54. The van der Waals surface area contributed by atoms with E-state index in [-0.39, 0.29) is 18.4 Å². The monoisotopic (exact) mass is 223 g/mol. The first kappa shape index (κ1) is 12.6. The molecule has 0 aliphatic rings. The lowest BCUT2D eigenvalue weighted by molar-refractivity contribution is -0.137. The summed E-state index contributed by atoms with van der Waals surface area (Å²) in [4.78, 5) is 19.0. The zero-order valence-electron chi connectivity index (χ0n) is 9.55. The quantitative estimate of drug-likeness (QED) is 0.779. The SMILES string of the molecule is CCC(N)C(CC(=O)O)c1ccnc(C)n1. The molecule has 0 aromatic carbocycles. The largest absolute Gasteiger partial charge is 0.481 e. The van der Waals surface area contributed by atoms with Crippen molar-refractivity contribution in [3.63, 3.8) is 0 Å². The molecule has 2 atom stereocenters. The van der Waals surface area contributed by atoms with Crippen LogP contribution in [0.4, 0.5) is 0 Å². The van der Waals surface area contributed by atoms with Crippen molar-refractivity contribution in [3.8, 4) is 0 Å². The average Bonchev–Trinajstić information content (AvgIpc) is 2.24. The first-order valence-corrected chi connectivity index (χ1v) is 5.31. The lowest BCUT2D eigenvalue weighted by atomic mass is 9.91. The Morgan fingerprint density at radius 1 is 1.62 bits per heavy atom. The van der Waals surface area contributed by atoms with Crippen molar-refractivity contribution in [1.29, 1.82) is 0 Å². The van der Waals surface area contributed by atoms with E-state index >= 15 is 0 Å². The van der Waals surface area contributed by atoms with E-state index in [1.807, 2.05) is 6.92 Å². The molecule has 2 unspecified atom stereocenters. The number of carboxylic acids is 1. The molecule has 1 aromatic rings. The van der Waals surface area contributed by atoms with E-state index in [1.54, 1.807) is 19.2 Å². The zero-order chi connectivity index (χ0) is 12.1. The summed E-state index contributed by atoms with van der Waals surface area (Å²) >= 11 is 0. The van der Waals surface area contributed by atoms with Crippen molar-refractivity contribution in [1.82, 2.24) is 9.97 Å². The van der Waals surface area contributed by atoms with Gasteiger partial charge in [-0.05, 0) is 19.4 Å². The van der Waals surface area contributed by atoms with Crippen molar-refractivity contribution < 1.29 is 9.90 Å². The van der Waals surface area contributed by atoms with E-state index in [4.69, 9.17) is 10.8 Å². The highest BCUT2D eigenvalue weighted by atomic mass is 16.4. The first-order valence-electron chi connectivity index (χ1n) is 5.31. The van der Waals surface area contributed by atoms with Crippen LogP contribution in [-0.2, 0) is 4.79 Å². The molecular formula is C11H17N3O2. The summed E-state index contributed by atoms with van der Waals surface area (Å²) in [5.74, 6) is -0.467. The van der Waals surface area contributed by atoms with Gasteiger partial charge in [0.05, 0.1) is 6.42 Å². The molecule has 1 rings (SSSR count). The number of aryl methyl sites for hydroxylation is 1. The van der Waals surface area contributed by atoms with Crippen LogP contribution in [-0.4, -0.2) is 27.1 Å². The van der Waals surface area contributed by atoms with Crippen LogP contribution in [0.1, 0.15) is 37.2 Å². The molecule has 0 saturated heterocycles. The Morgan fingerprint density at radius 2 is 2.31 bits per heavy atom. The Hall–Kier alpha value is -1.49. The minimum absolute atomic E-state index is 0.00542. The number of aromatic nitrogens is 2. The van der Waals surface area contributed by atoms with Gasteiger partial charge in [0.1, 0.15) is 5.82 Å². The third kappa shape index (κ3) is 3.27. The molecular weight excluding hydrogens is 206 g/mol. The fraction of sp³-hybridized carbons (Fsp3) is 0.545. The second-order valence-corrected chi connectivity index (χ2v) is 3.81. The maximum Gasteiger partial charge on any atom is 0.304 e. The summed E-state index contributed by atoms with van der Waals surface area (Å²) in [5.41, 5.74) is 6.64. The van der Waals surface area contributed by atoms with Crippen LogP contribution in [0.15, 0.2) is 12.3 Å². The fourth-order valence-corrected chi connectivity index (χ4v) is 1.63. The van der Waals surface area contributed by atoms with E-state index in [1.165, 1.54) is 0 Å². The molecule has 0 amide bonds. The van der Waals surface area contributed by atoms with Gasteiger partial charge in [-0.25, -0.2) is 9.97 Å². The fourth-order valence-electron chi connectivity index (χ4n) is 1.63. The predicted octanol–water partition coefficient (Wildman–Crippen LogP) is 1.08. The standard InChI is InChI=1S/C11H17N3O2/c1-3-9(12)8(6-11(15)16)10-4-5-13-7(2)14-10/h4-5,8-9H,3,6,12H2,1-2H3,(H,15,16). The zero-order valence-corrected chi connectivity index (χ0v) is 9.55. The number of hydrogen-bond donors (Lipinski definition) is 2. The molecule has 0 aliphatic heterocycles. The van der Waals surface area contributed by atoms with Crippen LogP contribution in [0.25, 0.3) is 0 Å². The van der Waals surface area contributed by atoms with Crippen molar-refractivity contribution in [2.75, 3.05) is 0 Å². The lowest BCUT2D eigenvalue weighted by Crippen LogP contribution is -2.30. The number of carbonyl (C=O) groups is 1. The second kappa shape index (κ2) is 5.55. The smallest absolute Gasteiger partial charge is 0.304 e. The highest BCUT2D eigenvalue weighted by Gasteiger charge is 2.22. The summed E-state index contributed by atoms with van der Waals surface area (Å²) in [7, 11) is 0. The Kier molecular flexibility index (Phi) is 4.37. The van der Waals surface area contributed by atoms with Crippen molar-refractivity contribution >= 4 is 5.97 Å². The summed E-state index contributed by atoms with van der Waals surface area (Å²) in [5, 5.41) is 8.86. The van der Waals surface area contributed by atoms with Gasteiger partial charge in [-0.2, -0.15) is 0 Å². The number of nitrogens with two attached hydrogens (primary N) is 1. The number of hydrogen-bond acceptors (Lipinski definition) is 4. The molecule has 0 radical (unpaired) electrons. The molecule has 16 heavy (non-hydrogen) atoms. The van der Waals surface area contributed by atoms with Crippen LogP contribution < -0.4 is 5.73 Å². The molecule has 0 saturated carbocycles. The van der Waals surface area contributed by atoms with Crippen molar-refractivity contribution in [3.05, 3.63) is 23.8 Å². The molecule has 1 heterocycles. The molecule has 0 spiro atoms. The minimum Gasteiger partial charge on any atom is -0.481 e. The summed E-state index contributed by atoms with van der Waals surface area (Å²) in [6.45, 7) is 3.71. The number of carboxylic acid groups (broad SMARTS) is 1. The van der Waals surface area contributed by atoms with E-state index in [0.717, 1.165) is 6.42 Å². The maximum atomic E-state index is 10.8. The van der Waals surface area contributed by atoms with E-state index in [0.29, 0.717) is 11.5 Å². The molecule has 0 aliphatic carbocycles. The molecule has 1 aromatic heterocycles. The number of nitrogens with zero attached hydrogens (tertiary/aromatic N) is 2. The van der Waals surface area contributed by atoms with E-state index in [2.05, 4.69) is 9.97 Å². The topological polar surface area (TPSA) is 89.1 Å². The molecule has 3 N–H and O–H groups in total. The molecule has 5 heteroatoms. The molecule has 5 nitrogen and oxygen atoms in total. The van der Waals surface area contributed by atoms with Crippen LogP contribution >= 0.6 is 0 Å². The minimum atomic E-state index is -0.856. The maximum absolute atomic E-state index is 10.8. The van der Waals surface area contributed by atoms with E-state index in [9.17, 15) is 4.79 Å². The molecule has 0 fully saturated rings. The highest BCUT2D eigenvalue weighted by molar-refractivity contribution is 5.68. The van der Waals surface area contributed by atoms with Gasteiger partial charge in [0.15, 0.2) is 0 Å². The predicted molar refractivity (Wildman–Crippen MR) is 60.0 cm³/mol. The van der Waals surface area contributed by atoms with Crippen LogP contribution in [0.5, 0.6) is 0 Å². The van der Waals surface area contributed by atoms with Crippen molar-refractivity contribution in [2.45, 2.75) is 38.6 Å². The van der Waals surface area contributed by atoms with Gasteiger partial charge >= 0.3 is 5.97 Å². The Balaban J connectivity index is 2.95. The molecule has 88 valence electrons. The van der Waals surface area contributed by atoms with Gasteiger partial charge in [-0.1, -0.05) is 6.92 Å². The number of rotatable bonds is 5. The van der Waals surface area contributed by atoms with Crippen LogP contribution in [0.2, 0.25) is 0 Å². The van der Waals surface area contributed by atoms with Gasteiger partial charge in [-0.15, -0.1) is 0 Å². The van der Waals surface area contributed by atoms with Crippen LogP contribution in [0.3, 0.4) is 0 Å². The number of aliphatic carboxylic acids is 1. The molecule has 0 bridgehead atoms. The third-order valence-corrected chi connectivity index (χ3v) is 2.56. The Bertz CT molecular complexity index is 368.